The van der Waals surface area contributed by atoms with Crippen LogP contribution in [-0.2, 0) is 0 Å². The number of carbonyl (C=O) groups excluding carboxylic acids is 1. The van der Waals surface area contributed by atoms with E-state index in [4.69, 9.17) is 4.74 Å². The molecule has 1 saturated carbocycles. The van der Waals surface area contributed by atoms with Gasteiger partial charge in [0.2, 0.25) is 0 Å². The summed E-state index contributed by atoms with van der Waals surface area (Å²) in [4.78, 5) is 26.2. The molecule has 0 atom stereocenters. The summed E-state index contributed by atoms with van der Waals surface area (Å²) in [7, 11) is 0. The van der Waals surface area contributed by atoms with E-state index in [1.807, 2.05) is 24.0 Å². The third kappa shape index (κ3) is 3.45. The second kappa shape index (κ2) is 7.58. The summed E-state index contributed by atoms with van der Waals surface area (Å²) in [5.41, 5.74) is 1.96. The smallest absolute Gasteiger partial charge is 0.275 e. The van der Waals surface area contributed by atoms with Crippen LogP contribution in [0.4, 0.5) is 4.39 Å². The SMILES string of the molecule is Cc1ccc(-n2nccn2)c(C(=O)N2CCC3CC2(COc2nc4ccc(F)cc4s2)C3)n1. The molecule has 168 valence electrons. The van der Waals surface area contributed by atoms with Crippen LogP contribution in [0.3, 0.4) is 0 Å². The molecule has 7 rings (SSSR count). The third-order valence-electron chi connectivity index (χ3n) is 6.56. The predicted molar refractivity (Wildman–Crippen MR) is 120 cm³/mol. The molecule has 8 nitrogen and oxygen atoms in total. The zero-order valence-electron chi connectivity index (χ0n) is 17.9. The molecule has 3 fully saturated rings. The van der Waals surface area contributed by atoms with Gasteiger partial charge < -0.3 is 9.64 Å². The number of nitrogens with zero attached hydrogens (tertiary/aromatic N) is 6. The summed E-state index contributed by atoms with van der Waals surface area (Å²) in [5.74, 6) is 0.161. The first kappa shape index (κ1) is 20.2. The minimum Gasteiger partial charge on any atom is -0.468 e. The van der Waals surface area contributed by atoms with Crippen molar-refractivity contribution in [1.82, 2.24) is 29.9 Å². The van der Waals surface area contributed by atoms with Crippen molar-refractivity contribution in [2.45, 2.75) is 31.7 Å². The van der Waals surface area contributed by atoms with Gasteiger partial charge >= 0.3 is 0 Å². The van der Waals surface area contributed by atoms with Crippen molar-refractivity contribution >= 4 is 27.5 Å². The lowest BCUT2D eigenvalue weighted by Crippen LogP contribution is -2.67. The second-order valence-corrected chi connectivity index (χ2v) is 9.76. The van der Waals surface area contributed by atoms with Crippen molar-refractivity contribution < 1.29 is 13.9 Å². The highest BCUT2D eigenvalue weighted by Crippen LogP contribution is 2.49. The summed E-state index contributed by atoms with van der Waals surface area (Å²) in [5, 5.41) is 8.87. The van der Waals surface area contributed by atoms with Gasteiger partial charge in [-0.15, -0.1) is 4.80 Å². The number of fused-ring (bicyclic) bond motifs is 3. The Kier molecular flexibility index (Phi) is 4.65. The van der Waals surface area contributed by atoms with Crippen molar-refractivity contribution in [3.05, 3.63) is 59.9 Å². The van der Waals surface area contributed by atoms with E-state index in [0.717, 1.165) is 29.7 Å². The Morgan fingerprint density at radius 1 is 1.21 bits per heavy atom. The molecule has 0 radical (unpaired) electrons. The molecular weight excluding hydrogens is 443 g/mol. The average Bonchev–Trinajstić information content (AvgIpc) is 3.46. The van der Waals surface area contributed by atoms with E-state index in [1.54, 1.807) is 18.5 Å². The fraction of sp³-hybridized carbons (Fsp3) is 0.348. The first-order valence-electron chi connectivity index (χ1n) is 10.9. The van der Waals surface area contributed by atoms with Crippen molar-refractivity contribution in [2.75, 3.05) is 13.2 Å². The third-order valence-corrected chi connectivity index (χ3v) is 7.49. The maximum absolute atomic E-state index is 13.8. The number of halogens is 1. The first-order valence-corrected chi connectivity index (χ1v) is 11.7. The van der Waals surface area contributed by atoms with Gasteiger partial charge in [0.15, 0.2) is 5.69 Å². The van der Waals surface area contributed by atoms with Crippen LogP contribution in [0.5, 0.6) is 5.19 Å². The van der Waals surface area contributed by atoms with E-state index in [-0.39, 0.29) is 11.7 Å². The fourth-order valence-electron chi connectivity index (χ4n) is 4.97. The fourth-order valence-corrected chi connectivity index (χ4v) is 5.81. The van der Waals surface area contributed by atoms with Gasteiger partial charge in [-0.25, -0.2) is 14.4 Å². The molecule has 1 aromatic carbocycles. The standard InChI is InChI=1S/C23H21FN6O2S/c1-14-2-5-18(30-25-7-8-26-30)20(27-14)21(31)29-9-6-15-11-23(29,12-15)13-32-22-28-17-4-3-16(24)10-19(17)33-22/h2-5,7-8,10,15H,6,9,11-13H2,1H3. The van der Waals surface area contributed by atoms with Crippen LogP contribution in [0.1, 0.15) is 35.4 Å². The van der Waals surface area contributed by atoms with E-state index in [2.05, 4.69) is 20.2 Å². The van der Waals surface area contributed by atoms with Gasteiger partial charge in [0.1, 0.15) is 18.1 Å². The van der Waals surface area contributed by atoms with E-state index in [0.29, 0.717) is 41.2 Å². The number of carbonyl (C=O) groups is 1. The number of thiazole rings is 1. The Morgan fingerprint density at radius 3 is 2.85 bits per heavy atom. The Hall–Kier alpha value is -3.40. The minimum absolute atomic E-state index is 0.140. The zero-order chi connectivity index (χ0) is 22.6. The van der Waals surface area contributed by atoms with Gasteiger partial charge in [0, 0.05) is 12.2 Å². The maximum atomic E-state index is 13.8. The summed E-state index contributed by atoms with van der Waals surface area (Å²) in [6.07, 6.45) is 5.89. The van der Waals surface area contributed by atoms with Crippen LogP contribution in [0.2, 0.25) is 0 Å². The van der Waals surface area contributed by atoms with Crippen molar-refractivity contribution in [1.29, 1.82) is 0 Å². The van der Waals surface area contributed by atoms with Gasteiger partial charge in [0.25, 0.3) is 11.1 Å². The number of rotatable bonds is 5. The number of hydrogen-bond donors (Lipinski definition) is 0. The molecule has 2 saturated heterocycles. The van der Waals surface area contributed by atoms with Crippen LogP contribution < -0.4 is 4.74 Å². The largest absolute Gasteiger partial charge is 0.468 e. The molecule has 3 aliphatic rings. The van der Waals surface area contributed by atoms with Gasteiger partial charge in [-0.3, -0.25) is 4.79 Å². The minimum atomic E-state index is -0.399. The summed E-state index contributed by atoms with van der Waals surface area (Å²) >= 11 is 1.32. The van der Waals surface area contributed by atoms with Crippen LogP contribution >= 0.6 is 11.3 Å². The summed E-state index contributed by atoms with van der Waals surface area (Å²) < 4.78 is 20.4. The molecule has 5 heterocycles. The van der Waals surface area contributed by atoms with Crippen LogP contribution in [0.15, 0.2) is 42.7 Å². The molecular formula is C23H21FN6O2S. The monoisotopic (exact) mass is 464 g/mol. The lowest BCUT2D eigenvalue weighted by atomic mass is 9.63. The van der Waals surface area contributed by atoms with Crippen molar-refractivity contribution in [3.8, 4) is 10.9 Å². The Bertz CT molecular complexity index is 1350. The quantitative estimate of drug-likeness (QED) is 0.447. The molecule has 1 aliphatic carbocycles. The zero-order valence-corrected chi connectivity index (χ0v) is 18.8. The lowest BCUT2D eigenvalue weighted by Gasteiger charge is -2.58. The van der Waals surface area contributed by atoms with Crippen LogP contribution in [-0.4, -0.2) is 54.5 Å². The van der Waals surface area contributed by atoms with E-state index >= 15 is 0 Å². The maximum Gasteiger partial charge on any atom is 0.275 e. The highest BCUT2D eigenvalue weighted by Gasteiger charge is 2.55. The summed E-state index contributed by atoms with van der Waals surface area (Å²) in [6.45, 7) is 2.86. The molecule has 4 aromatic rings. The number of aryl methyl sites for hydroxylation is 1. The summed E-state index contributed by atoms with van der Waals surface area (Å²) in [6, 6.07) is 8.18. The number of benzene rings is 1. The second-order valence-electron chi connectivity index (χ2n) is 8.76. The van der Waals surface area contributed by atoms with Gasteiger partial charge in [-0.05, 0) is 62.4 Å². The molecule has 10 heteroatoms. The molecule has 0 unspecified atom stereocenters. The van der Waals surface area contributed by atoms with E-state index in [9.17, 15) is 9.18 Å². The Labute approximate surface area is 193 Å². The van der Waals surface area contributed by atoms with Gasteiger partial charge in [0.05, 0.1) is 28.1 Å². The molecule has 0 N–H and O–H groups in total. The normalized spacial score (nSPS) is 21.8. The number of amides is 1. The number of pyridine rings is 1. The number of aromatic nitrogens is 5. The Morgan fingerprint density at radius 2 is 2.03 bits per heavy atom. The van der Waals surface area contributed by atoms with Crippen molar-refractivity contribution in [2.24, 2.45) is 5.92 Å². The molecule has 2 bridgehead atoms. The van der Waals surface area contributed by atoms with E-state index in [1.165, 1.54) is 28.3 Å². The molecule has 3 aromatic heterocycles. The van der Waals surface area contributed by atoms with Crippen molar-refractivity contribution in [3.63, 3.8) is 0 Å². The number of hydrogen-bond acceptors (Lipinski definition) is 7. The average molecular weight is 465 g/mol. The van der Waals surface area contributed by atoms with Crippen LogP contribution in [0.25, 0.3) is 15.9 Å². The topological polar surface area (TPSA) is 86.0 Å². The van der Waals surface area contributed by atoms with Gasteiger partial charge in [-0.1, -0.05) is 11.3 Å². The first-order chi connectivity index (χ1) is 16.0. The molecule has 33 heavy (non-hydrogen) atoms. The molecule has 1 amide bonds. The van der Waals surface area contributed by atoms with Gasteiger partial charge in [-0.2, -0.15) is 10.2 Å². The highest BCUT2D eigenvalue weighted by molar-refractivity contribution is 7.20. The highest BCUT2D eigenvalue weighted by atomic mass is 32.1. The lowest BCUT2D eigenvalue weighted by molar-refractivity contribution is -0.0798. The van der Waals surface area contributed by atoms with E-state index < -0.39 is 5.54 Å². The predicted octanol–water partition coefficient (Wildman–Crippen LogP) is 3.79. The molecule has 0 spiro atoms. The number of ether oxygens (including phenoxy) is 1. The number of piperidine rings is 2. The molecule has 2 aliphatic heterocycles. The Balaban J connectivity index is 1.28. The van der Waals surface area contributed by atoms with Crippen LogP contribution in [0, 0.1) is 18.7 Å².